The Morgan fingerprint density at radius 1 is 1.06 bits per heavy atom. The van der Waals surface area contributed by atoms with Gasteiger partial charge in [0.05, 0.1) is 17.5 Å². The van der Waals surface area contributed by atoms with E-state index in [2.05, 4.69) is 10.3 Å². The topological polar surface area (TPSA) is 110 Å². The van der Waals surface area contributed by atoms with Gasteiger partial charge in [0.2, 0.25) is 11.7 Å². The van der Waals surface area contributed by atoms with Gasteiger partial charge in [0.15, 0.2) is 15.4 Å². The van der Waals surface area contributed by atoms with E-state index in [1.807, 2.05) is 13.0 Å². The van der Waals surface area contributed by atoms with Crippen LogP contribution in [0.5, 0.6) is 0 Å². The van der Waals surface area contributed by atoms with Crippen LogP contribution < -0.4 is 5.32 Å². The second-order valence-corrected chi connectivity index (χ2v) is 10.3. The molecule has 1 aromatic heterocycles. The molecule has 1 N–H and O–H groups in total. The predicted molar refractivity (Wildman–Crippen MR) is 127 cm³/mol. The number of likely N-dealkylation sites (N-methyl/N-ethyl adjacent to an activating group) is 1. The lowest BCUT2D eigenvalue weighted by molar-refractivity contribution is -0.125. The Morgan fingerprint density at radius 3 is 2.36 bits per heavy atom. The molecule has 0 radical (unpaired) electrons. The fourth-order valence-corrected chi connectivity index (χ4v) is 5.29. The van der Waals surface area contributed by atoms with Crippen molar-refractivity contribution < 1.29 is 22.4 Å². The smallest absolute Gasteiger partial charge is 0.266 e. The summed E-state index contributed by atoms with van der Waals surface area (Å²) >= 11 is 0. The van der Waals surface area contributed by atoms with Gasteiger partial charge in [0, 0.05) is 0 Å². The van der Waals surface area contributed by atoms with E-state index < -0.39 is 33.6 Å². The fraction of sp³-hybridized carbons (Fsp3) is 0.375. The lowest BCUT2D eigenvalue weighted by Gasteiger charge is -2.25. The number of nitrogens with one attached hydrogen (secondary N) is 1. The number of ketones is 1. The number of benzene rings is 2. The van der Waals surface area contributed by atoms with Crippen LogP contribution in [0, 0.1) is 0 Å². The molecule has 0 bridgehead atoms. The Balaban J connectivity index is 1.75. The molecule has 3 aromatic rings. The number of aromatic nitrogens is 1. The normalized spacial score (nSPS) is 13.7. The average Bonchev–Trinajstić information content (AvgIpc) is 3.21. The van der Waals surface area contributed by atoms with Crippen molar-refractivity contribution in [2.45, 2.75) is 37.6 Å². The zero-order valence-corrected chi connectivity index (χ0v) is 19.8. The summed E-state index contributed by atoms with van der Waals surface area (Å²) in [6, 6.07) is 14.0. The standard InChI is InChI=1S/C24H29N3O5S/c1-4-10-19(22(28)24-26-18-13-8-9-14-21(18)32-24)25-23(29)20(27(2)3)16-33(30,31)15-17-11-6-5-7-12-17/h5-9,11-14,19-20H,4,10,15-16H2,1-3H3,(H,25,29)/t19-,20+/m1/s1. The van der Waals surface area contributed by atoms with Crippen LogP contribution in [0.4, 0.5) is 0 Å². The van der Waals surface area contributed by atoms with Crippen LogP contribution in [-0.4, -0.2) is 61.9 Å². The number of nitrogens with zero attached hydrogens (tertiary/aromatic N) is 2. The summed E-state index contributed by atoms with van der Waals surface area (Å²) in [5.74, 6) is -1.57. The number of carbonyl (C=O) groups is 2. The highest BCUT2D eigenvalue weighted by atomic mass is 32.2. The minimum atomic E-state index is -3.58. The van der Waals surface area contributed by atoms with Gasteiger partial charge < -0.3 is 9.73 Å². The second kappa shape index (κ2) is 10.7. The fourth-order valence-electron chi connectivity index (χ4n) is 3.54. The Hall–Kier alpha value is -3.04. The van der Waals surface area contributed by atoms with Crippen LogP contribution in [0.15, 0.2) is 59.0 Å². The van der Waals surface area contributed by atoms with Gasteiger partial charge >= 0.3 is 0 Å². The number of amides is 1. The molecule has 1 amide bonds. The van der Waals surface area contributed by atoms with Crippen molar-refractivity contribution in [3.8, 4) is 0 Å². The molecule has 0 aliphatic rings. The molecular formula is C24H29N3O5S. The van der Waals surface area contributed by atoms with Crippen LogP contribution in [0.3, 0.4) is 0 Å². The van der Waals surface area contributed by atoms with Crippen molar-refractivity contribution >= 4 is 32.6 Å². The molecule has 176 valence electrons. The van der Waals surface area contributed by atoms with Crippen molar-refractivity contribution in [3.05, 3.63) is 66.1 Å². The lowest BCUT2D eigenvalue weighted by atomic mass is 10.1. The van der Waals surface area contributed by atoms with Gasteiger partial charge in [-0.2, -0.15) is 0 Å². The molecule has 0 aliphatic carbocycles. The van der Waals surface area contributed by atoms with E-state index in [9.17, 15) is 18.0 Å². The first-order valence-electron chi connectivity index (χ1n) is 10.8. The Bertz CT molecular complexity index is 1170. The van der Waals surface area contributed by atoms with E-state index in [0.717, 1.165) is 0 Å². The minimum Gasteiger partial charge on any atom is -0.434 e. The summed E-state index contributed by atoms with van der Waals surface area (Å²) in [7, 11) is -0.303. The third kappa shape index (κ3) is 6.49. The molecule has 0 spiro atoms. The third-order valence-electron chi connectivity index (χ3n) is 5.28. The van der Waals surface area contributed by atoms with Gasteiger partial charge in [-0.15, -0.1) is 0 Å². The molecule has 3 rings (SSSR count). The molecule has 2 atom stereocenters. The van der Waals surface area contributed by atoms with Gasteiger partial charge in [-0.25, -0.2) is 13.4 Å². The number of para-hydroxylation sites is 2. The van der Waals surface area contributed by atoms with Crippen molar-refractivity contribution in [2.24, 2.45) is 0 Å². The molecule has 1 heterocycles. The molecule has 33 heavy (non-hydrogen) atoms. The van der Waals surface area contributed by atoms with Gasteiger partial charge in [-0.1, -0.05) is 55.8 Å². The van der Waals surface area contributed by atoms with Crippen LogP contribution >= 0.6 is 0 Å². The van der Waals surface area contributed by atoms with Gasteiger partial charge in [0.25, 0.3) is 5.89 Å². The number of sulfone groups is 1. The first-order valence-corrected chi connectivity index (χ1v) is 12.6. The highest BCUT2D eigenvalue weighted by Crippen LogP contribution is 2.17. The molecule has 0 unspecified atom stereocenters. The van der Waals surface area contributed by atoms with E-state index >= 15 is 0 Å². The highest BCUT2D eigenvalue weighted by Gasteiger charge is 2.32. The molecule has 8 nitrogen and oxygen atoms in total. The Kier molecular flexibility index (Phi) is 7.99. The van der Waals surface area contributed by atoms with Crippen LogP contribution in [-0.2, 0) is 20.4 Å². The number of hydrogen-bond donors (Lipinski definition) is 1. The number of oxazole rings is 1. The second-order valence-electron chi connectivity index (χ2n) is 8.22. The lowest BCUT2D eigenvalue weighted by Crippen LogP contribution is -2.52. The van der Waals surface area contributed by atoms with Crippen molar-refractivity contribution in [1.82, 2.24) is 15.2 Å². The molecule has 0 aliphatic heterocycles. The van der Waals surface area contributed by atoms with Crippen LogP contribution in [0.2, 0.25) is 0 Å². The molecule has 0 saturated carbocycles. The van der Waals surface area contributed by atoms with E-state index in [1.165, 1.54) is 0 Å². The first kappa shape index (κ1) is 24.6. The number of hydrogen-bond acceptors (Lipinski definition) is 7. The Morgan fingerprint density at radius 2 is 1.73 bits per heavy atom. The van der Waals surface area contributed by atoms with E-state index in [-0.39, 0.29) is 17.4 Å². The summed E-state index contributed by atoms with van der Waals surface area (Å²) in [6.07, 6.45) is 1.01. The molecular weight excluding hydrogens is 442 g/mol. The largest absolute Gasteiger partial charge is 0.434 e. The average molecular weight is 472 g/mol. The maximum absolute atomic E-state index is 13.1. The SMILES string of the molecule is CCC[C@@H](NC(=O)[C@H](CS(=O)(=O)Cc1ccccc1)N(C)C)C(=O)c1nc2ccccc2o1. The monoisotopic (exact) mass is 471 g/mol. The van der Waals surface area contributed by atoms with Crippen molar-refractivity contribution in [1.29, 1.82) is 0 Å². The number of fused-ring (bicyclic) bond motifs is 1. The summed E-state index contributed by atoms with van der Waals surface area (Å²) < 4.78 is 31.1. The minimum absolute atomic E-state index is 0.0759. The Labute approximate surface area is 193 Å². The summed E-state index contributed by atoms with van der Waals surface area (Å²) in [4.78, 5) is 31.9. The zero-order chi connectivity index (χ0) is 24.0. The van der Waals surface area contributed by atoms with Crippen LogP contribution in [0.1, 0.15) is 36.0 Å². The zero-order valence-electron chi connectivity index (χ0n) is 19.0. The van der Waals surface area contributed by atoms with Gasteiger partial charge in [0.1, 0.15) is 11.6 Å². The summed E-state index contributed by atoms with van der Waals surface area (Å²) in [5.41, 5.74) is 1.70. The number of Topliss-reactive ketones (excluding diaryl/α,β-unsaturated/α-hetero) is 1. The molecule has 0 saturated heterocycles. The van der Waals surface area contributed by atoms with Gasteiger partial charge in [-0.05, 0) is 38.2 Å². The quantitative estimate of drug-likeness (QED) is 0.428. The predicted octanol–water partition coefficient (Wildman–Crippen LogP) is 2.84. The first-order chi connectivity index (χ1) is 15.7. The molecule has 9 heteroatoms. The van der Waals surface area contributed by atoms with E-state index in [4.69, 9.17) is 4.42 Å². The number of carbonyl (C=O) groups excluding carboxylic acids is 2. The van der Waals surface area contributed by atoms with Gasteiger partial charge in [-0.3, -0.25) is 14.5 Å². The highest BCUT2D eigenvalue weighted by molar-refractivity contribution is 7.90. The van der Waals surface area contributed by atoms with Crippen molar-refractivity contribution in [3.63, 3.8) is 0 Å². The van der Waals surface area contributed by atoms with E-state index in [1.54, 1.807) is 67.5 Å². The number of rotatable bonds is 11. The maximum Gasteiger partial charge on any atom is 0.266 e. The summed E-state index contributed by atoms with van der Waals surface area (Å²) in [6.45, 7) is 1.90. The molecule has 0 fully saturated rings. The van der Waals surface area contributed by atoms with E-state index in [0.29, 0.717) is 29.5 Å². The maximum atomic E-state index is 13.1. The molecule has 2 aromatic carbocycles. The van der Waals surface area contributed by atoms with Crippen molar-refractivity contribution in [2.75, 3.05) is 19.8 Å². The third-order valence-corrected chi connectivity index (χ3v) is 6.88. The summed E-state index contributed by atoms with van der Waals surface area (Å²) in [5, 5.41) is 2.73. The van der Waals surface area contributed by atoms with Crippen LogP contribution in [0.25, 0.3) is 11.1 Å².